The van der Waals surface area contributed by atoms with E-state index in [0.717, 1.165) is 5.56 Å². The van der Waals surface area contributed by atoms with Crippen molar-refractivity contribution in [2.24, 2.45) is 0 Å². The Bertz CT molecular complexity index is 874. The maximum atomic E-state index is 13.5. The van der Waals surface area contributed by atoms with Crippen LogP contribution in [0, 0.1) is 5.82 Å². The smallest absolute Gasteiger partial charge is 0.356 e. The maximum Gasteiger partial charge on any atom is 0.356 e. The summed E-state index contributed by atoms with van der Waals surface area (Å²) in [5, 5.41) is 8.94. The predicted octanol–water partition coefficient (Wildman–Crippen LogP) is 3.39. The van der Waals surface area contributed by atoms with E-state index in [1.54, 1.807) is 16.7 Å². The fraction of sp³-hybridized carbons (Fsp3) is 0.0588. The molecule has 0 atom stereocenters. The molecule has 0 saturated heterocycles. The molecule has 1 heterocycles. The number of carboxylic acid groups (broad SMARTS) is 1. The average molecular weight is 312 g/mol. The van der Waals surface area contributed by atoms with E-state index < -0.39 is 5.97 Å². The Labute approximate surface area is 131 Å². The molecule has 0 fully saturated rings. The van der Waals surface area contributed by atoms with Gasteiger partial charge in [0.05, 0.1) is 7.11 Å². The Morgan fingerprint density at radius 1 is 1.26 bits per heavy atom. The zero-order chi connectivity index (χ0) is 16.4. The van der Waals surface area contributed by atoms with Crippen LogP contribution in [0.1, 0.15) is 10.5 Å². The molecule has 116 valence electrons. The van der Waals surface area contributed by atoms with Crippen molar-refractivity contribution in [2.45, 2.75) is 0 Å². The quantitative estimate of drug-likeness (QED) is 0.802. The topological polar surface area (TPSA) is 64.4 Å². The Hall–Kier alpha value is -3.15. The van der Waals surface area contributed by atoms with E-state index in [1.807, 2.05) is 18.2 Å². The van der Waals surface area contributed by atoms with Gasteiger partial charge in [0.15, 0.2) is 5.69 Å². The van der Waals surface area contributed by atoms with Gasteiger partial charge in [0.1, 0.15) is 17.9 Å². The molecular weight excluding hydrogens is 299 g/mol. The van der Waals surface area contributed by atoms with Gasteiger partial charge < -0.3 is 14.4 Å². The van der Waals surface area contributed by atoms with Gasteiger partial charge in [-0.3, -0.25) is 0 Å². The van der Waals surface area contributed by atoms with Crippen molar-refractivity contribution in [2.75, 3.05) is 7.11 Å². The maximum absolute atomic E-state index is 13.5. The fourth-order valence-corrected chi connectivity index (χ4v) is 2.31. The minimum Gasteiger partial charge on any atom is -0.496 e. The molecule has 23 heavy (non-hydrogen) atoms. The number of imidazole rings is 1. The van der Waals surface area contributed by atoms with Crippen LogP contribution < -0.4 is 4.74 Å². The van der Waals surface area contributed by atoms with Crippen molar-refractivity contribution < 1.29 is 19.0 Å². The van der Waals surface area contributed by atoms with Crippen molar-refractivity contribution in [3.8, 4) is 22.6 Å². The molecule has 0 aliphatic rings. The average Bonchev–Trinajstić information content (AvgIpc) is 3.05. The summed E-state index contributed by atoms with van der Waals surface area (Å²) in [5.41, 5.74) is 2.05. The molecule has 0 aliphatic carbocycles. The van der Waals surface area contributed by atoms with Crippen LogP contribution in [-0.4, -0.2) is 27.7 Å². The summed E-state index contributed by atoms with van der Waals surface area (Å²) in [6, 6.07) is 11.5. The van der Waals surface area contributed by atoms with E-state index in [2.05, 4.69) is 4.98 Å². The third-order valence-electron chi connectivity index (χ3n) is 3.42. The molecule has 0 radical (unpaired) electrons. The van der Waals surface area contributed by atoms with Crippen molar-refractivity contribution >= 4 is 5.97 Å². The van der Waals surface area contributed by atoms with Gasteiger partial charge in [-0.15, -0.1) is 0 Å². The van der Waals surface area contributed by atoms with Crippen LogP contribution in [0.2, 0.25) is 0 Å². The first-order valence-electron chi connectivity index (χ1n) is 6.80. The summed E-state index contributed by atoms with van der Waals surface area (Å²) >= 11 is 0. The zero-order valence-electron chi connectivity index (χ0n) is 12.2. The summed E-state index contributed by atoms with van der Waals surface area (Å²) in [6.07, 6.45) is 2.84. The minimum absolute atomic E-state index is 0.0428. The molecule has 0 aliphatic heterocycles. The lowest BCUT2D eigenvalue weighted by molar-refractivity contribution is 0.0691. The second kappa shape index (κ2) is 5.92. The molecule has 0 unspecified atom stereocenters. The number of rotatable bonds is 4. The molecule has 1 aromatic heterocycles. The monoisotopic (exact) mass is 312 g/mol. The van der Waals surface area contributed by atoms with Gasteiger partial charge in [-0.25, -0.2) is 14.2 Å². The van der Waals surface area contributed by atoms with Gasteiger partial charge in [0.25, 0.3) is 0 Å². The van der Waals surface area contributed by atoms with Crippen LogP contribution >= 0.6 is 0 Å². The second-order valence-electron chi connectivity index (χ2n) is 4.87. The third-order valence-corrected chi connectivity index (χ3v) is 3.42. The highest BCUT2D eigenvalue weighted by atomic mass is 19.1. The Kier molecular flexibility index (Phi) is 3.80. The number of methoxy groups -OCH3 is 1. The lowest BCUT2D eigenvalue weighted by atomic mass is 10.0. The minimum atomic E-state index is -1.09. The molecule has 1 N–H and O–H groups in total. The summed E-state index contributed by atoms with van der Waals surface area (Å²) in [6.45, 7) is 0. The van der Waals surface area contributed by atoms with Gasteiger partial charge in [0.2, 0.25) is 0 Å². The van der Waals surface area contributed by atoms with Gasteiger partial charge in [-0.05, 0) is 35.9 Å². The SMILES string of the molecule is COc1ccc(F)cc1-c1cccc(-n2cnc(C(=O)O)c2)c1. The second-order valence-corrected chi connectivity index (χ2v) is 4.87. The number of ether oxygens (including phenoxy) is 1. The molecule has 0 bridgehead atoms. The van der Waals surface area contributed by atoms with Crippen LogP contribution in [0.3, 0.4) is 0 Å². The third kappa shape index (κ3) is 2.91. The van der Waals surface area contributed by atoms with Crippen molar-refractivity contribution in [1.82, 2.24) is 9.55 Å². The number of hydrogen-bond acceptors (Lipinski definition) is 3. The summed E-state index contributed by atoms with van der Waals surface area (Å²) in [5.74, 6) is -0.894. The summed E-state index contributed by atoms with van der Waals surface area (Å²) in [4.78, 5) is 14.7. The molecule has 2 aromatic carbocycles. The number of hydrogen-bond donors (Lipinski definition) is 1. The zero-order valence-corrected chi connectivity index (χ0v) is 12.2. The highest BCUT2D eigenvalue weighted by Crippen LogP contribution is 2.31. The summed E-state index contributed by atoms with van der Waals surface area (Å²) in [7, 11) is 1.52. The first-order chi connectivity index (χ1) is 11.1. The first-order valence-corrected chi connectivity index (χ1v) is 6.80. The molecule has 0 amide bonds. The van der Waals surface area contributed by atoms with Crippen LogP contribution in [-0.2, 0) is 0 Å². The van der Waals surface area contributed by atoms with Crippen LogP contribution in [0.4, 0.5) is 4.39 Å². The van der Waals surface area contributed by atoms with Crippen LogP contribution in [0.25, 0.3) is 16.8 Å². The van der Waals surface area contributed by atoms with Crippen molar-refractivity contribution in [1.29, 1.82) is 0 Å². The van der Waals surface area contributed by atoms with Crippen molar-refractivity contribution in [3.63, 3.8) is 0 Å². The van der Waals surface area contributed by atoms with E-state index in [0.29, 0.717) is 17.0 Å². The number of nitrogens with zero attached hydrogens (tertiary/aromatic N) is 2. The molecule has 5 nitrogen and oxygen atoms in total. The fourth-order valence-electron chi connectivity index (χ4n) is 2.31. The molecule has 0 saturated carbocycles. The molecular formula is C17H13FN2O3. The largest absolute Gasteiger partial charge is 0.496 e. The van der Waals surface area contributed by atoms with E-state index in [9.17, 15) is 9.18 Å². The van der Waals surface area contributed by atoms with Crippen LogP contribution in [0.5, 0.6) is 5.75 Å². The van der Waals surface area contributed by atoms with E-state index >= 15 is 0 Å². The van der Waals surface area contributed by atoms with E-state index in [-0.39, 0.29) is 11.5 Å². The number of aromatic nitrogens is 2. The van der Waals surface area contributed by atoms with E-state index in [1.165, 1.54) is 31.8 Å². The molecule has 3 aromatic rings. The molecule has 0 spiro atoms. The normalized spacial score (nSPS) is 10.5. The molecule has 3 rings (SSSR count). The lowest BCUT2D eigenvalue weighted by Crippen LogP contribution is -1.96. The highest BCUT2D eigenvalue weighted by molar-refractivity contribution is 5.85. The Morgan fingerprint density at radius 2 is 2.09 bits per heavy atom. The molecule has 6 heteroatoms. The highest BCUT2D eigenvalue weighted by Gasteiger charge is 2.10. The number of halogens is 1. The Morgan fingerprint density at radius 3 is 2.78 bits per heavy atom. The standard InChI is InChI=1S/C17H13FN2O3/c1-23-16-6-5-12(18)8-14(16)11-3-2-4-13(7-11)20-9-15(17(21)22)19-10-20/h2-10H,1H3,(H,21,22). The number of benzene rings is 2. The van der Waals surface area contributed by atoms with Gasteiger partial charge in [-0.1, -0.05) is 12.1 Å². The summed E-state index contributed by atoms with van der Waals surface area (Å²) < 4.78 is 20.4. The van der Waals surface area contributed by atoms with Crippen LogP contribution in [0.15, 0.2) is 55.0 Å². The Balaban J connectivity index is 2.06. The number of carbonyl (C=O) groups is 1. The van der Waals surface area contributed by atoms with Gasteiger partial charge in [-0.2, -0.15) is 0 Å². The predicted molar refractivity (Wildman–Crippen MR) is 82.5 cm³/mol. The van der Waals surface area contributed by atoms with Gasteiger partial charge >= 0.3 is 5.97 Å². The lowest BCUT2D eigenvalue weighted by Gasteiger charge is -2.10. The number of carboxylic acids is 1. The van der Waals surface area contributed by atoms with Gasteiger partial charge in [0, 0.05) is 17.4 Å². The van der Waals surface area contributed by atoms with Crippen molar-refractivity contribution in [3.05, 3.63) is 66.5 Å². The number of aromatic carboxylic acids is 1. The first kappa shape index (κ1) is 14.8. The van der Waals surface area contributed by atoms with E-state index in [4.69, 9.17) is 9.84 Å².